The first-order valence-electron chi connectivity index (χ1n) is 9.70. The quantitative estimate of drug-likeness (QED) is 0.530. The molecule has 8 nitrogen and oxygen atoms in total. The fourth-order valence-corrected chi connectivity index (χ4v) is 3.74. The van der Waals surface area contributed by atoms with Crippen molar-refractivity contribution in [3.8, 4) is 0 Å². The zero-order valence-electron chi connectivity index (χ0n) is 16.7. The van der Waals surface area contributed by atoms with Crippen LogP contribution in [-0.2, 0) is 11.8 Å². The molecule has 158 valence electrons. The van der Waals surface area contributed by atoms with Crippen LogP contribution in [0.5, 0.6) is 0 Å². The van der Waals surface area contributed by atoms with Gasteiger partial charge in [0, 0.05) is 32.9 Å². The Balaban J connectivity index is 1.48. The number of aromatic nitrogens is 2. The summed E-state index contributed by atoms with van der Waals surface area (Å²) in [6.45, 7) is 3.67. The lowest BCUT2D eigenvalue weighted by molar-refractivity contribution is -0.136. The number of halogens is 1. The van der Waals surface area contributed by atoms with Crippen LogP contribution >= 0.6 is 0 Å². The Morgan fingerprint density at radius 3 is 2.66 bits per heavy atom. The summed E-state index contributed by atoms with van der Waals surface area (Å²) < 4.78 is 14.8. The van der Waals surface area contributed by atoms with Gasteiger partial charge in [-0.05, 0) is 43.9 Å². The van der Waals surface area contributed by atoms with Crippen molar-refractivity contribution in [3.05, 3.63) is 41.7 Å². The maximum absolute atomic E-state index is 13.2. The Bertz CT molecular complexity index is 864. The van der Waals surface area contributed by atoms with Crippen LogP contribution in [0.1, 0.15) is 30.5 Å². The van der Waals surface area contributed by atoms with Gasteiger partial charge in [-0.25, -0.2) is 9.37 Å². The van der Waals surface area contributed by atoms with Gasteiger partial charge in [-0.2, -0.15) is 0 Å². The molecule has 1 saturated heterocycles. The number of carbonyl (C=O) groups excluding carboxylic acids is 1. The lowest BCUT2D eigenvalue weighted by atomic mass is 9.96. The number of hydrogen-bond donors (Lipinski definition) is 4. The van der Waals surface area contributed by atoms with E-state index in [1.165, 1.54) is 12.1 Å². The number of nitrogens with zero attached hydrogens (tertiary/aromatic N) is 3. The highest BCUT2D eigenvalue weighted by atomic mass is 19.1. The number of nitrogen functional groups attached to an aromatic ring is 1. The van der Waals surface area contributed by atoms with Crippen LogP contribution in [0.25, 0.3) is 0 Å². The summed E-state index contributed by atoms with van der Waals surface area (Å²) in [5, 5.41) is 23.2. The molecular formula is C20H28FN5O3. The first-order valence-corrected chi connectivity index (χ1v) is 9.70. The first kappa shape index (κ1) is 21.1. The van der Waals surface area contributed by atoms with Crippen molar-refractivity contribution in [1.29, 1.82) is 0 Å². The number of piperidine rings is 1. The number of rotatable bonds is 6. The highest BCUT2D eigenvalue weighted by Gasteiger charge is 2.29. The van der Waals surface area contributed by atoms with Crippen molar-refractivity contribution in [2.45, 2.75) is 32.0 Å². The normalized spacial score (nSPS) is 17.2. The van der Waals surface area contributed by atoms with Gasteiger partial charge in [0.2, 0.25) is 0 Å². The Kier molecular flexibility index (Phi) is 6.39. The van der Waals surface area contributed by atoms with Gasteiger partial charge in [0.1, 0.15) is 17.7 Å². The third kappa shape index (κ3) is 4.86. The smallest absolute Gasteiger partial charge is 0.252 e. The van der Waals surface area contributed by atoms with Gasteiger partial charge in [0.05, 0.1) is 17.1 Å². The minimum atomic E-state index is -1.59. The molecule has 0 radical (unpaired) electrons. The van der Waals surface area contributed by atoms with Crippen molar-refractivity contribution in [2.24, 2.45) is 13.0 Å². The molecule has 2 heterocycles. The van der Waals surface area contributed by atoms with E-state index in [0.717, 1.165) is 31.6 Å². The first-order chi connectivity index (χ1) is 13.8. The zero-order valence-corrected chi connectivity index (χ0v) is 16.7. The largest absolute Gasteiger partial charge is 0.397 e. The van der Waals surface area contributed by atoms with Gasteiger partial charge >= 0.3 is 0 Å². The Morgan fingerprint density at radius 1 is 1.38 bits per heavy atom. The number of aryl methyl sites for hydroxylation is 2. The van der Waals surface area contributed by atoms with Crippen molar-refractivity contribution < 1.29 is 19.4 Å². The summed E-state index contributed by atoms with van der Waals surface area (Å²) in [6.07, 6.45) is 0.388. The molecular weight excluding hydrogens is 377 g/mol. The number of aliphatic hydroxyl groups is 2. The maximum atomic E-state index is 13.2. The average molecular weight is 405 g/mol. The molecule has 1 aromatic heterocycles. The molecule has 2 aromatic rings. The van der Waals surface area contributed by atoms with Crippen LogP contribution < -0.4 is 16.0 Å². The van der Waals surface area contributed by atoms with Crippen LogP contribution in [0.15, 0.2) is 24.4 Å². The number of imidazole rings is 1. The van der Waals surface area contributed by atoms with E-state index in [9.17, 15) is 19.4 Å². The summed E-state index contributed by atoms with van der Waals surface area (Å²) in [5.41, 5.74) is 7.84. The molecule has 1 fully saturated rings. The fraction of sp³-hybridized carbons (Fsp3) is 0.500. The Labute approximate surface area is 169 Å². The lowest BCUT2D eigenvalue weighted by Crippen LogP contribution is -2.43. The van der Waals surface area contributed by atoms with Gasteiger partial charge in [0.15, 0.2) is 6.10 Å². The second-order valence-electron chi connectivity index (χ2n) is 7.62. The molecule has 0 unspecified atom stereocenters. The number of aliphatic hydroxyl groups excluding tert-OH is 2. The van der Waals surface area contributed by atoms with Crippen molar-refractivity contribution >= 4 is 17.3 Å². The maximum Gasteiger partial charge on any atom is 0.252 e. The zero-order chi connectivity index (χ0) is 21.1. The van der Waals surface area contributed by atoms with E-state index in [-0.39, 0.29) is 17.6 Å². The molecule has 29 heavy (non-hydrogen) atoms. The summed E-state index contributed by atoms with van der Waals surface area (Å²) in [4.78, 5) is 18.5. The molecule has 3 rings (SSSR count). The SMILES string of the molecule is Cc1cn(C)c([C@H](O)[C@@H](O)C(=O)NCC2CCN(c3ccc(F)cc3N)CC2)n1. The van der Waals surface area contributed by atoms with Crippen LogP contribution in [-0.4, -0.2) is 51.4 Å². The summed E-state index contributed by atoms with van der Waals surface area (Å²) >= 11 is 0. The standard InChI is InChI=1S/C20H28FN5O3/c1-12-11-25(2)19(24-12)17(27)18(28)20(29)23-10-13-5-7-26(8-6-13)16-4-3-14(21)9-15(16)22/h3-4,9,11,13,17-18,27-28H,5-8,10,22H2,1-2H3,(H,23,29)/t17-,18-/m1/s1. The van der Waals surface area contributed by atoms with Crippen LogP contribution in [0.4, 0.5) is 15.8 Å². The van der Waals surface area contributed by atoms with Crippen LogP contribution in [0, 0.1) is 18.7 Å². The lowest BCUT2D eigenvalue weighted by Gasteiger charge is -2.34. The monoisotopic (exact) mass is 405 g/mol. The average Bonchev–Trinajstić information content (AvgIpc) is 3.03. The Hall–Kier alpha value is -2.65. The summed E-state index contributed by atoms with van der Waals surface area (Å²) in [6, 6.07) is 4.40. The number of nitrogens with one attached hydrogen (secondary N) is 1. The van der Waals surface area contributed by atoms with Gasteiger partial charge in [-0.15, -0.1) is 0 Å². The van der Waals surface area contributed by atoms with E-state index in [4.69, 9.17) is 5.73 Å². The minimum Gasteiger partial charge on any atom is -0.397 e. The number of nitrogens with two attached hydrogens (primary N) is 1. The molecule has 0 saturated carbocycles. The molecule has 5 N–H and O–H groups in total. The molecule has 1 aliphatic heterocycles. The van der Waals surface area contributed by atoms with E-state index < -0.39 is 18.1 Å². The van der Waals surface area contributed by atoms with Gasteiger partial charge in [0.25, 0.3) is 5.91 Å². The highest BCUT2D eigenvalue weighted by molar-refractivity contribution is 5.81. The van der Waals surface area contributed by atoms with Crippen molar-refractivity contribution in [2.75, 3.05) is 30.3 Å². The van der Waals surface area contributed by atoms with E-state index >= 15 is 0 Å². The number of anilines is 2. The van der Waals surface area contributed by atoms with Crippen molar-refractivity contribution in [3.63, 3.8) is 0 Å². The molecule has 0 aliphatic carbocycles. The van der Waals surface area contributed by atoms with E-state index in [0.29, 0.717) is 17.9 Å². The minimum absolute atomic E-state index is 0.246. The van der Waals surface area contributed by atoms with Gasteiger partial charge < -0.3 is 30.7 Å². The van der Waals surface area contributed by atoms with Crippen LogP contribution in [0.3, 0.4) is 0 Å². The van der Waals surface area contributed by atoms with Gasteiger partial charge in [-0.3, -0.25) is 4.79 Å². The molecule has 0 bridgehead atoms. The third-order valence-corrected chi connectivity index (χ3v) is 5.37. The predicted octanol–water partition coefficient (Wildman–Crippen LogP) is 0.877. The highest BCUT2D eigenvalue weighted by Crippen LogP contribution is 2.28. The molecule has 9 heteroatoms. The van der Waals surface area contributed by atoms with Crippen LogP contribution in [0.2, 0.25) is 0 Å². The molecule has 1 amide bonds. The molecule has 1 aromatic carbocycles. The van der Waals surface area contributed by atoms with E-state index in [1.54, 1.807) is 30.8 Å². The number of benzene rings is 1. The molecule has 2 atom stereocenters. The van der Waals surface area contributed by atoms with E-state index in [2.05, 4.69) is 15.2 Å². The summed E-state index contributed by atoms with van der Waals surface area (Å²) in [7, 11) is 1.70. The number of hydrogen-bond acceptors (Lipinski definition) is 6. The molecule has 0 spiro atoms. The fourth-order valence-electron chi connectivity index (χ4n) is 3.74. The second kappa shape index (κ2) is 8.79. The topological polar surface area (TPSA) is 117 Å². The van der Waals surface area contributed by atoms with Crippen molar-refractivity contribution in [1.82, 2.24) is 14.9 Å². The second-order valence-corrected chi connectivity index (χ2v) is 7.62. The van der Waals surface area contributed by atoms with Gasteiger partial charge in [-0.1, -0.05) is 0 Å². The predicted molar refractivity (Wildman–Crippen MR) is 108 cm³/mol. The third-order valence-electron chi connectivity index (χ3n) is 5.37. The van der Waals surface area contributed by atoms with E-state index in [1.807, 2.05) is 0 Å². The Morgan fingerprint density at radius 2 is 2.07 bits per heavy atom. The number of amides is 1. The summed E-state index contributed by atoms with van der Waals surface area (Å²) in [5.74, 6) is -0.486. The molecule has 1 aliphatic rings. The number of carbonyl (C=O) groups is 1.